The molecule has 18 heavy (non-hydrogen) atoms. The Morgan fingerprint density at radius 3 is 2.61 bits per heavy atom. The summed E-state index contributed by atoms with van der Waals surface area (Å²) < 4.78 is 40.3. The van der Waals surface area contributed by atoms with Gasteiger partial charge in [0.05, 0.1) is 12.1 Å². The maximum Gasteiger partial charge on any atom is 0.244 e. The highest BCUT2D eigenvalue weighted by Crippen LogP contribution is 2.36. The monoisotopic (exact) mass is 274 g/mol. The molecule has 0 amide bonds. The number of nitrogens with one attached hydrogen (secondary N) is 1. The zero-order chi connectivity index (χ0) is 13.6. The molecule has 4 N–H and O–H groups in total. The summed E-state index contributed by atoms with van der Waals surface area (Å²) in [5.74, 6) is -0.814. The molecule has 0 radical (unpaired) electrons. The molecular weight excluding hydrogens is 259 g/mol. The SMILES string of the molecule is Cc1cc(N)cc(S(=O)(=O)NC2(CO)CC2)c1F. The van der Waals surface area contributed by atoms with Crippen LogP contribution in [0.4, 0.5) is 10.1 Å². The zero-order valence-corrected chi connectivity index (χ0v) is 10.7. The first-order valence-electron chi connectivity index (χ1n) is 5.50. The summed E-state index contributed by atoms with van der Waals surface area (Å²) in [4.78, 5) is -0.472. The van der Waals surface area contributed by atoms with Crippen LogP contribution >= 0.6 is 0 Å². The third kappa shape index (κ3) is 2.33. The Morgan fingerprint density at radius 1 is 1.50 bits per heavy atom. The summed E-state index contributed by atoms with van der Waals surface area (Å²) in [6.07, 6.45) is 1.09. The van der Waals surface area contributed by atoms with Crippen molar-refractivity contribution < 1.29 is 17.9 Å². The number of hydrogen-bond donors (Lipinski definition) is 3. The highest BCUT2D eigenvalue weighted by Gasteiger charge is 2.46. The molecular formula is C11H15FN2O3S. The second-order valence-corrected chi connectivity index (χ2v) is 6.34. The number of hydrogen-bond acceptors (Lipinski definition) is 4. The molecule has 0 aliphatic heterocycles. The van der Waals surface area contributed by atoms with E-state index in [0.29, 0.717) is 12.8 Å². The smallest absolute Gasteiger partial charge is 0.244 e. The number of rotatable bonds is 4. The van der Waals surface area contributed by atoms with Gasteiger partial charge in [-0.25, -0.2) is 17.5 Å². The van der Waals surface area contributed by atoms with Gasteiger partial charge in [-0.05, 0) is 37.5 Å². The highest BCUT2D eigenvalue weighted by atomic mass is 32.2. The molecule has 2 rings (SSSR count). The molecule has 0 spiro atoms. The van der Waals surface area contributed by atoms with Crippen molar-refractivity contribution in [1.82, 2.24) is 4.72 Å². The lowest BCUT2D eigenvalue weighted by Crippen LogP contribution is -2.39. The third-order valence-corrected chi connectivity index (χ3v) is 4.62. The lowest BCUT2D eigenvalue weighted by atomic mass is 10.2. The van der Waals surface area contributed by atoms with Gasteiger partial charge in [0.25, 0.3) is 0 Å². The van der Waals surface area contributed by atoms with Crippen LogP contribution in [0.25, 0.3) is 0 Å². The van der Waals surface area contributed by atoms with Gasteiger partial charge in [0, 0.05) is 5.69 Å². The first-order valence-corrected chi connectivity index (χ1v) is 6.98. The van der Waals surface area contributed by atoms with E-state index in [1.54, 1.807) is 0 Å². The molecule has 0 aromatic heterocycles. The lowest BCUT2D eigenvalue weighted by molar-refractivity contribution is 0.246. The van der Waals surface area contributed by atoms with Crippen LogP contribution in [0.3, 0.4) is 0 Å². The van der Waals surface area contributed by atoms with Crippen LogP contribution in [-0.4, -0.2) is 25.7 Å². The maximum atomic E-state index is 13.8. The van der Waals surface area contributed by atoms with E-state index in [9.17, 15) is 12.8 Å². The Labute approximate surface area is 105 Å². The highest BCUT2D eigenvalue weighted by molar-refractivity contribution is 7.89. The Kier molecular flexibility index (Phi) is 3.08. The predicted molar refractivity (Wildman–Crippen MR) is 64.9 cm³/mol. The summed E-state index contributed by atoms with van der Waals surface area (Å²) in [5.41, 5.74) is 5.05. The van der Waals surface area contributed by atoms with Crippen LogP contribution in [-0.2, 0) is 10.0 Å². The summed E-state index contributed by atoms with van der Waals surface area (Å²) in [5, 5.41) is 9.10. The molecule has 1 aliphatic carbocycles. The van der Waals surface area contributed by atoms with Crippen LogP contribution in [0.15, 0.2) is 17.0 Å². The van der Waals surface area contributed by atoms with Crippen LogP contribution in [0.1, 0.15) is 18.4 Å². The average Bonchev–Trinajstić information content (AvgIpc) is 3.03. The molecule has 100 valence electrons. The second-order valence-electron chi connectivity index (χ2n) is 4.69. The molecule has 5 nitrogen and oxygen atoms in total. The fourth-order valence-corrected chi connectivity index (χ4v) is 3.38. The van der Waals surface area contributed by atoms with Crippen molar-refractivity contribution in [1.29, 1.82) is 0 Å². The number of aliphatic hydroxyl groups is 1. The molecule has 7 heteroatoms. The van der Waals surface area contributed by atoms with Gasteiger partial charge >= 0.3 is 0 Å². The van der Waals surface area contributed by atoms with E-state index < -0.39 is 26.3 Å². The van der Waals surface area contributed by atoms with Crippen molar-refractivity contribution in [2.75, 3.05) is 12.3 Å². The van der Waals surface area contributed by atoms with Gasteiger partial charge in [-0.2, -0.15) is 0 Å². The number of nitrogen functional groups attached to an aromatic ring is 1. The Bertz CT molecular complexity index is 582. The number of nitrogens with two attached hydrogens (primary N) is 1. The Morgan fingerprint density at radius 2 is 2.11 bits per heavy atom. The first-order chi connectivity index (χ1) is 8.30. The van der Waals surface area contributed by atoms with Gasteiger partial charge in [-0.3, -0.25) is 0 Å². The zero-order valence-electron chi connectivity index (χ0n) is 9.90. The normalized spacial score (nSPS) is 17.7. The molecule has 1 aromatic carbocycles. The van der Waals surface area contributed by atoms with Crippen LogP contribution in [0.5, 0.6) is 0 Å². The van der Waals surface area contributed by atoms with Crippen molar-refractivity contribution in [2.45, 2.75) is 30.2 Å². The van der Waals surface area contributed by atoms with Crippen LogP contribution in [0.2, 0.25) is 0 Å². The predicted octanol–water partition coefficient (Wildman–Crippen LogP) is 0.520. The quantitative estimate of drug-likeness (QED) is 0.698. The van der Waals surface area contributed by atoms with E-state index in [4.69, 9.17) is 10.8 Å². The number of sulfonamides is 1. The fraction of sp³-hybridized carbons (Fsp3) is 0.455. The minimum atomic E-state index is -4.01. The number of halogens is 1. The molecule has 0 saturated heterocycles. The van der Waals surface area contributed by atoms with Crippen molar-refractivity contribution in [3.05, 3.63) is 23.5 Å². The molecule has 0 unspecified atom stereocenters. The van der Waals surface area contributed by atoms with Gasteiger partial charge in [-0.15, -0.1) is 0 Å². The van der Waals surface area contributed by atoms with Crippen molar-refractivity contribution in [3.63, 3.8) is 0 Å². The minimum absolute atomic E-state index is 0.171. The summed E-state index contributed by atoms with van der Waals surface area (Å²) in [6.45, 7) is 1.15. The average molecular weight is 274 g/mol. The summed E-state index contributed by atoms with van der Waals surface area (Å²) in [7, 11) is -4.01. The molecule has 1 aliphatic rings. The first kappa shape index (κ1) is 13.3. The Hall–Kier alpha value is -1.18. The topological polar surface area (TPSA) is 92.4 Å². The van der Waals surface area contributed by atoms with Crippen LogP contribution in [0, 0.1) is 12.7 Å². The molecule has 1 aromatic rings. The molecule has 1 fully saturated rings. The van der Waals surface area contributed by atoms with Crippen molar-refractivity contribution in [3.8, 4) is 0 Å². The summed E-state index contributed by atoms with van der Waals surface area (Å²) in [6, 6.07) is 2.45. The van der Waals surface area contributed by atoms with Crippen LogP contribution < -0.4 is 10.5 Å². The minimum Gasteiger partial charge on any atom is -0.399 e. The van der Waals surface area contributed by atoms with E-state index in [1.807, 2.05) is 0 Å². The van der Waals surface area contributed by atoms with E-state index in [-0.39, 0.29) is 17.9 Å². The molecule has 0 atom stereocenters. The molecule has 0 bridgehead atoms. The lowest BCUT2D eigenvalue weighted by Gasteiger charge is -2.16. The fourth-order valence-electron chi connectivity index (χ4n) is 1.74. The van der Waals surface area contributed by atoms with Gasteiger partial charge in [0.1, 0.15) is 10.7 Å². The van der Waals surface area contributed by atoms with E-state index >= 15 is 0 Å². The number of benzene rings is 1. The Balaban J connectivity index is 2.42. The number of aryl methyl sites for hydroxylation is 1. The number of anilines is 1. The van der Waals surface area contributed by atoms with Gasteiger partial charge in [-0.1, -0.05) is 0 Å². The largest absolute Gasteiger partial charge is 0.399 e. The van der Waals surface area contributed by atoms with Crippen molar-refractivity contribution >= 4 is 15.7 Å². The van der Waals surface area contributed by atoms with Gasteiger partial charge in [0.2, 0.25) is 10.0 Å². The molecule has 0 heterocycles. The van der Waals surface area contributed by atoms with Gasteiger partial charge < -0.3 is 10.8 Å². The summed E-state index contributed by atoms with van der Waals surface area (Å²) >= 11 is 0. The van der Waals surface area contributed by atoms with Crippen molar-refractivity contribution in [2.24, 2.45) is 0 Å². The standard InChI is InChI=1S/C11H15FN2O3S/c1-7-4-8(13)5-9(10(7)12)18(16,17)14-11(6-15)2-3-11/h4-5,14-15H,2-3,6,13H2,1H3. The van der Waals surface area contributed by atoms with E-state index in [0.717, 1.165) is 6.07 Å². The van der Waals surface area contributed by atoms with E-state index in [2.05, 4.69) is 4.72 Å². The maximum absolute atomic E-state index is 13.8. The number of aliphatic hydroxyl groups excluding tert-OH is 1. The molecule has 1 saturated carbocycles. The van der Waals surface area contributed by atoms with E-state index in [1.165, 1.54) is 13.0 Å². The second kappa shape index (κ2) is 4.18. The third-order valence-electron chi connectivity index (χ3n) is 3.04. The van der Waals surface area contributed by atoms with Gasteiger partial charge in [0.15, 0.2) is 0 Å².